The molecule has 0 unspecified atom stereocenters. The van der Waals surface area contributed by atoms with Crippen LogP contribution in [0.1, 0.15) is 15.9 Å². The van der Waals surface area contributed by atoms with Gasteiger partial charge in [-0.3, -0.25) is 19.4 Å². The predicted molar refractivity (Wildman–Crippen MR) is 83.2 cm³/mol. The molecule has 0 fully saturated rings. The second kappa shape index (κ2) is 5.40. The third kappa shape index (κ3) is 2.35. The Labute approximate surface area is 126 Å². The number of benzene rings is 2. The number of aromatic nitrogens is 2. The Hall–Kier alpha value is -3.02. The summed E-state index contributed by atoms with van der Waals surface area (Å²) < 4.78 is 6.89. The van der Waals surface area contributed by atoms with Crippen LogP contribution in [0.25, 0.3) is 10.9 Å². The lowest BCUT2D eigenvalue weighted by atomic mass is 10.1. The highest BCUT2D eigenvalue weighted by molar-refractivity contribution is 6.05. The first-order valence-corrected chi connectivity index (χ1v) is 6.74. The summed E-state index contributed by atoms with van der Waals surface area (Å²) >= 11 is 0. The minimum absolute atomic E-state index is 0.225. The van der Waals surface area contributed by atoms with Crippen molar-refractivity contribution in [3.8, 4) is 5.75 Å². The first kappa shape index (κ1) is 13.9. The van der Waals surface area contributed by atoms with Gasteiger partial charge in [0.1, 0.15) is 5.75 Å². The Kier molecular flexibility index (Phi) is 3.42. The molecule has 0 saturated heterocycles. The van der Waals surface area contributed by atoms with Gasteiger partial charge in [-0.1, -0.05) is 18.2 Å². The zero-order valence-corrected chi connectivity index (χ0v) is 12.0. The molecule has 6 nitrogen and oxygen atoms in total. The lowest BCUT2D eigenvalue weighted by Gasteiger charge is -2.07. The molecule has 3 N–H and O–H groups in total. The fraction of sp³-hybridized carbons (Fsp3) is 0.125. The molecule has 2 aromatic carbocycles. The quantitative estimate of drug-likeness (QED) is 0.764. The maximum Gasteiger partial charge on any atom is 0.272 e. The van der Waals surface area contributed by atoms with Crippen molar-refractivity contribution < 1.29 is 9.53 Å². The molecule has 3 aromatic rings. The van der Waals surface area contributed by atoms with Gasteiger partial charge in [-0.2, -0.15) is 0 Å². The van der Waals surface area contributed by atoms with Crippen LogP contribution in [0.5, 0.6) is 5.75 Å². The first-order chi connectivity index (χ1) is 10.6. The molecule has 0 bridgehead atoms. The van der Waals surface area contributed by atoms with Gasteiger partial charge < -0.3 is 10.5 Å². The summed E-state index contributed by atoms with van der Waals surface area (Å²) in [6.07, 6.45) is 0. The van der Waals surface area contributed by atoms with Crippen LogP contribution in [-0.2, 0) is 6.54 Å². The molecular formula is C16H15N3O3. The fourth-order valence-electron chi connectivity index (χ4n) is 2.53. The van der Waals surface area contributed by atoms with E-state index in [1.54, 1.807) is 30.0 Å². The molecular weight excluding hydrogens is 282 g/mol. The lowest BCUT2D eigenvalue weighted by molar-refractivity contribution is 0.100. The summed E-state index contributed by atoms with van der Waals surface area (Å²) in [7, 11) is 1.60. The number of amides is 1. The van der Waals surface area contributed by atoms with Crippen molar-refractivity contribution in [2.75, 3.05) is 7.11 Å². The third-order valence-corrected chi connectivity index (χ3v) is 3.54. The van der Waals surface area contributed by atoms with E-state index < -0.39 is 5.91 Å². The number of nitrogens with two attached hydrogens (primary N) is 1. The smallest absolute Gasteiger partial charge is 0.272 e. The largest absolute Gasteiger partial charge is 0.497 e. The number of rotatable bonds is 4. The topological polar surface area (TPSA) is 90.1 Å². The highest BCUT2D eigenvalue weighted by Crippen LogP contribution is 2.18. The van der Waals surface area contributed by atoms with Gasteiger partial charge in [-0.25, -0.2) is 0 Å². The summed E-state index contributed by atoms with van der Waals surface area (Å²) in [4.78, 5) is 23.6. The third-order valence-electron chi connectivity index (χ3n) is 3.54. The van der Waals surface area contributed by atoms with E-state index in [-0.39, 0.29) is 11.1 Å². The van der Waals surface area contributed by atoms with Gasteiger partial charge in [0.25, 0.3) is 5.56 Å². The van der Waals surface area contributed by atoms with Crippen LogP contribution >= 0.6 is 0 Å². The van der Waals surface area contributed by atoms with Crippen molar-refractivity contribution in [2.45, 2.75) is 6.54 Å². The fourth-order valence-corrected chi connectivity index (χ4v) is 2.53. The standard InChI is InChI=1S/C16H15N3O3/c1-22-11-5-2-4-10(8-11)9-19-13-7-3-6-12(15(17)20)14(13)16(21)18-19/h2-8H,9H2,1H3,(H2,17,20)(H,18,21). The van der Waals surface area contributed by atoms with Gasteiger partial charge >= 0.3 is 0 Å². The Morgan fingerprint density at radius 1 is 1.27 bits per heavy atom. The van der Waals surface area contributed by atoms with E-state index >= 15 is 0 Å². The number of aromatic amines is 1. The average molecular weight is 297 g/mol. The molecule has 0 aliphatic rings. The van der Waals surface area contributed by atoms with E-state index in [2.05, 4.69) is 5.10 Å². The average Bonchev–Trinajstić information content (AvgIpc) is 2.84. The summed E-state index contributed by atoms with van der Waals surface area (Å²) in [6, 6.07) is 12.6. The number of carbonyl (C=O) groups is 1. The van der Waals surface area contributed by atoms with Crippen LogP contribution in [0.2, 0.25) is 0 Å². The molecule has 0 saturated carbocycles. The second-order valence-corrected chi connectivity index (χ2v) is 4.94. The van der Waals surface area contributed by atoms with Crippen LogP contribution in [-0.4, -0.2) is 22.8 Å². The van der Waals surface area contributed by atoms with Crippen LogP contribution < -0.4 is 16.0 Å². The van der Waals surface area contributed by atoms with E-state index in [4.69, 9.17) is 10.5 Å². The Balaban J connectivity index is 2.10. The molecule has 1 aromatic heterocycles. The van der Waals surface area contributed by atoms with E-state index in [9.17, 15) is 9.59 Å². The molecule has 22 heavy (non-hydrogen) atoms. The minimum Gasteiger partial charge on any atom is -0.497 e. The van der Waals surface area contributed by atoms with Crippen molar-refractivity contribution in [1.29, 1.82) is 0 Å². The summed E-state index contributed by atoms with van der Waals surface area (Å²) in [5.41, 5.74) is 6.84. The second-order valence-electron chi connectivity index (χ2n) is 4.94. The highest BCUT2D eigenvalue weighted by atomic mass is 16.5. The molecule has 0 radical (unpaired) electrons. The number of ether oxygens (including phenoxy) is 1. The van der Waals surface area contributed by atoms with Gasteiger partial charge in [0.05, 0.1) is 30.1 Å². The highest BCUT2D eigenvalue weighted by Gasteiger charge is 2.14. The number of primary amides is 1. The van der Waals surface area contributed by atoms with Crippen LogP contribution in [0, 0.1) is 0 Å². The van der Waals surface area contributed by atoms with Gasteiger partial charge in [-0.15, -0.1) is 0 Å². The zero-order valence-electron chi connectivity index (χ0n) is 12.0. The summed E-state index contributed by atoms with van der Waals surface area (Å²) in [5.74, 6) is 0.129. The molecule has 0 aliphatic carbocycles. The Bertz CT molecular complexity index is 908. The number of H-pyrrole nitrogens is 1. The van der Waals surface area contributed by atoms with Gasteiger partial charge in [0.15, 0.2) is 0 Å². The number of carbonyl (C=O) groups excluding carboxylic acids is 1. The number of methoxy groups -OCH3 is 1. The van der Waals surface area contributed by atoms with Gasteiger partial charge in [0.2, 0.25) is 5.91 Å². The maximum atomic E-state index is 12.1. The van der Waals surface area contributed by atoms with Crippen molar-refractivity contribution >= 4 is 16.8 Å². The van der Waals surface area contributed by atoms with Crippen molar-refractivity contribution in [3.05, 3.63) is 63.9 Å². The maximum absolute atomic E-state index is 12.1. The molecule has 0 spiro atoms. The Morgan fingerprint density at radius 2 is 2.05 bits per heavy atom. The number of hydrogen-bond donors (Lipinski definition) is 2. The Morgan fingerprint density at radius 3 is 2.77 bits per heavy atom. The molecule has 1 heterocycles. The lowest BCUT2D eigenvalue weighted by Crippen LogP contribution is -2.14. The van der Waals surface area contributed by atoms with Crippen LogP contribution in [0.3, 0.4) is 0 Å². The number of fused-ring (bicyclic) bond motifs is 1. The molecule has 112 valence electrons. The molecule has 0 atom stereocenters. The molecule has 1 amide bonds. The van der Waals surface area contributed by atoms with Crippen molar-refractivity contribution in [1.82, 2.24) is 9.78 Å². The monoisotopic (exact) mass is 297 g/mol. The van der Waals surface area contributed by atoms with Gasteiger partial charge in [-0.05, 0) is 29.8 Å². The van der Waals surface area contributed by atoms with E-state index in [1.165, 1.54) is 0 Å². The van der Waals surface area contributed by atoms with Gasteiger partial charge in [0, 0.05) is 0 Å². The molecule has 3 rings (SSSR count). The molecule has 6 heteroatoms. The predicted octanol–water partition coefficient (Wildman–Crippen LogP) is 1.49. The first-order valence-electron chi connectivity index (χ1n) is 6.74. The normalized spacial score (nSPS) is 10.8. The van der Waals surface area contributed by atoms with E-state index in [0.29, 0.717) is 17.4 Å². The van der Waals surface area contributed by atoms with Crippen LogP contribution in [0.4, 0.5) is 0 Å². The number of nitrogens with zero attached hydrogens (tertiary/aromatic N) is 1. The number of hydrogen-bond acceptors (Lipinski definition) is 3. The summed E-state index contributed by atoms with van der Waals surface area (Å²) in [5, 5.41) is 3.06. The minimum atomic E-state index is -0.616. The van der Waals surface area contributed by atoms with Crippen molar-refractivity contribution in [2.24, 2.45) is 5.73 Å². The molecule has 0 aliphatic heterocycles. The number of nitrogens with one attached hydrogen (secondary N) is 1. The van der Waals surface area contributed by atoms with E-state index in [1.807, 2.05) is 24.3 Å². The van der Waals surface area contributed by atoms with Crippen LogP contribution in [0.15, 0.2) is 47.3 Å². The SMILES string of the molecule is COc1cccc(Cn2[nH]c(=O)c3c(C(N)=O)cccc32)c1. The van der Waals surface area contributed by atoms with E-state index in [0.717, 1.165) is 11.3 Å². The van der Waals surface area contributed by atoms with Crippen molar-refractivity contribution in [3.63, 3.8) is 0 Å². The zero-order chi connectivity index (χ0) is 15.7. The summed E-state index contributed by atoms with van der Waals surface area (Å²) in [6.45, 7) is 0.457.